The van der Waals surface area contributed by atoms with Gasteiger partial charge in [-0.2, -0.15) is 5.10 Å². The Bertz CT molecular complexity index is 780. The Morgan fingerprint density at radius 2 is 1.79 bits per heavy atom. The van der Waals surface area contributed by atoms with Crippen molar-refractivity contribution in [1.29, 1.82) is 0 Å². The zero-order chi connectivity index (χ0) is 16.9. The molecule has 0 heterocycles. The second-order valence-corrected chi connectivity index (χ2v) is 5.60. The summed E-state index contributed by atoms with van der Waals surface area (Å²) in [5.41, 5.74) is 4.00. The van der Waals surface area contributed by atoms with Crippen LogP contribution in [0.4, 0.5) is 5.69 Å². The molecule has 122 valence electrons. The van der Waals surface area contributed by atoms with E-state index in [2.05, 4.69) is 15.8 Å². The maximum absolute atomic E-state index is 12.0. The minimum Gasteiger partial charge on any atom is -0.507 e. The Kier molecular flexibility index (Phi) is 4.56. The number of phenols is 1. The van der Waals surface area contributed by atoms with Gasteiger partial charge in [0, 0.05) is 22.7 Å². The average molecular weight is 323 g/mol. The second kappa shape index (κ2) is 6.95. The molecule has 1 saturated carbocycles. The molecule has 1 aliphatic rings. The number of nitrogens with one attached hydrogen (secondary N) is 2. The molecule has 2 amide bonds. The maximum Gasteiger partial charge on any atom is 0.271 e. The highest BCUT2D eigenvalue weighted by Crippen LogP contribution is 2.30. The number of carbonyl (C=O) groups excluding carboxylic acids is 2. The fraction of sp³-hybridized carbons (Fsp3) is 0.167. The molecule has 0 unspecified atom stereocenters. The number of hydrogen-bond donors (Lipinski definition) is 3. The van der Waals surface area contributed by atoms with E-state index < -0.39 is 0 Å². The quantitative estimate of drug-likeness (QED) is 0.583. The van der Waals surface area contributed by atoms with Crippen LogP contribution in [0.2, 0.25) is 0 Å². The standard InChI is InChI=1S/C18H17N3O3/c22-16-4-2-1-3-14(16)11-19-21-18(24)13-7-9-15(10-8-13)20-17(23)12-5-6-12/h1-4,7-12,22H,5-6H2,(H,20,23)(H,21,24). The number of anilines is 1. The first kappa shape index (κ1) is 15.7. The predicted molar refractivity (Wildman–Crippen MR) is 91.0 cm³/mol. The fourth-order valence-corrected chi connectivity index (χ4v) is 2.12. The zero-order valence-corrected chi connectivity index (χ0v) is 12.9. The van der Waals surface area contributed by atoms with E-state index in [1.807, 2.05) is 0 Å². The molecule has 0 aliphatic heterocycles. The van der Waals surface area contributed by atoms with E-state index in [4.69, 9.17) is 0 Å². The number of phenolic OH excluding ortho intramolecular Hbond substituents is 1. The van der Waals surface area contributed by atoms with Crippen LogP contribution in [0.5, 0.6) is 5.75 Å². The predicted octanol–water partition coefficient (Wildman–Crippen LogP) is 2.50. The lowest BCUT2D eigenvalue weighted by Gasteiger charge is -2.05. The summed E-state index contributed by atoms with van der Waals surface area (Å²) in [6, 6.07) is 13.3. The van der Waals surface area contributed by atoms with Crippen molar-refractivity contribution in [3.63, 3.8) is 0 Å². The van der Waals surface area contributed by atoms with Crippen molar-refractivity contribution in [2.45, 2.75) is 12.8 Å². The summed E-state index contributed by atoms with van der Waals surface area (Å²) in [6.07, 6.45) is 3.26. The van der Waals surface area contributed by atoms with Gasteiger partial charge in [0.1, 0.15) is 5.75 Å². The lowest BCUT2D eigenvalue weighted by atomic mass is 10.2. The van der Waals surface area contributed by atoms with Crippen LogP contribution in [-0.4, -0.2) is 23.1 Å². The third kappa shape index (κ3) is 3.98. The van der Waals surface area contributed by atoms with Crippen LogP contribution in [0.3, 0.4) is 0 Å². The molecule has 6 heteroatoms. The van der Waals surface area contributed by atoms with Crippen molar-refractivity contribution in [1.82, 2.24) is 5.43 Å². The second-order valence-electron chi connectivity index (χ2n) is 5.60. The number of hydrogen-bond acceptors (Lipinski definition) is 4. The van der Waals surface area contributed by atoms with Crippen LogP contribution >= 0.6 is 0 Å². The third-order valence-electron chi connectivity index (χ3n) is 3.67. The van der Waals surface area contributed by atoms with E-state index in [1.165, 1.54) is 12.3 Å². The summed E-state index contributed by atoms with van der Waals surface area (Å²) >= 11 is 0. The number of hydrazone groups is 1. The molecule has 0 bridgehead atoms. The zero-order valence-electron chi connectivity index (χ0n) is 12.9. The molecule has 0 radical (unpaired) electrons. The van der Waals surface area contributed by atoms with Gasteiger partial charge in [0.25, 0.3) is 5.91 Å². The van der Waals surface area contributed by atoms with Crippen LogP contribution in [0.25, 0.3) is 0 Å². The van der Waals surface area contributed by atoms with Gasteiger partial charge in [-0.15, -0.1) is 0 Å². The van der Waals surface area contributed by atoms with E-state index in [0.717, 1.165) is 12.8 Å². The van der Waals surface area contributed by atoms with E-state index in [-0.39, 0.29) is 23.5 Å². The normalized spacial score (nSPS) is 13.7. The van der Waals surface area contributed by atoms with Crippen molar-refractivity contribution in [3.8, 4) is 5.75 Å². The first-order valence-corrected chi connectivity index (χ1v) is 7.66. The van der Waals surface area contributed by atoms with Crippen LogP contribution in [0.15, 0.2) is 53.6 Å². The highest BCUT2D eigenvalue weighted by molar-refractivity contribution is 5.97. The molecular formula is C18H17N3O3. The largest absolute Gasteiger partial charge is 0.507 e. The van der Waals surface area contributed by atoms with Gasteiger partial charge < -0.3 is 10.4 Å². The number of rotatable bonds is 5. The first-order valence-electron chi connectivity index (χ1n) is 7.66. The number of amides is 2. The number of nitrogens with zero attached hydrogens (tertiary/aromatic N) is 1. The Labute approximate surface area is 139 Å². The summed E-state index contributed by atoms with van der Waals surface area (Å²) in [4.78, 5) is 23.7. The van der Waals surface area contributed by atoms with E-state index in [0.29, 0.717) is 16.8 Å². The monoisotopic (exact) mass is 323 g/mol. The van der Waals surface area contributed by atoms with E-state index in [9.17, 15) is 14.7 Å². The molecule has 0 atom stereocenters. The SMILES string of the molecule is O=C(NN=Cc1ccccc1O)c1ccc(NC(=O)C2CC2)cc1. The van der Waals surface area contributed by atoms with Gasteiger partial charge in [0.2, 0.25) is 5.91 Å². The van der Waals surface area contributed by atoms with Gasteiger partial charge in [-0.25, -0.2) is 5.43 Å². The molecule has 24 heavy (non-hydrogen) atoms. The molecule has 1 aliphatic carbocycles. The summed E-state index contributed by atoms with van der Waals surface area (Å²) in [6.45, 7) is 0. The van der Waals surface area contributed by atoms with Crippen LogP contribution in [0, 0.1) is 5.92 Å². The van der Waals surface area contributed by atoms with Crippen LogP contribution in [0.1, 0.15) is 28.8 Å². The van der Waals surface area contributed by atoms with Crippen molar-refractivity contribution in [2.75, 3.05) is 5.32 Å². The first-order chi connectivity index (χ1) is 11.6. The molecule has 1 fully saturated rings. The Morgan fingerprint density at radius 3 is 2.46 bits per heavy atom. The molecule has 2 aromatic carbocycles. The summed E-state index contributed by atoms with van der Waals surface area (Å²) in [5, 5.41) is 16.2. The highest BCUT2D eigenvalue weighted by atomic mass is 16.3. The molecule has 6 nitrogen and oxygen atoms in total. The number of carbonyl (C=O) groups is 2. The Morgan fingerprint density at radius 1 is 1.08 bits per heavy atom. The fourth-order valence-electron chi connectivity index (χ4n) is 2.12. The molecule has 2 aromatic rings. The van der Waals surface area contributed by atoms with Gasteiger partial charge >= 0.3 is 0 Å². The lowest BCUT2D eigenvalue weighted by molar-refractivity contribution is -0.117. The number of benzene rings is 2. The molecular weight excluding hydrogens is 306 g/mol. The van der Waals surface area contributed by atoms with E-state index in [1.54, 1.807) is 42.5 Å². The van der Waals surface area contributed by atoms with E-state index >= 15 is 0 Å². The van der Waals surface area contributed by atoms with Crippen molar-refractivity contribution < 1.29 is 14.7 Å². The van der Waals surface area contributed by atoms with Crippen molar-refractivity contribution in [3.05, 3.63) is 59.7 Å². The van der Waals surface area contributed by atoms with Gasteiger partial charge in [-0.1, -0.05) is 12.1 Å². The van der Waals surface area contributed by atoms with Gasteiger partial charge in [0.05, 0.1) is 6.21 Å². The van der Waals surface area contributed by atoms with Gasteiger partial charge in [-0.05, 0) is 49.2 Å². The Hall–Kier alpha value is -3.15. The molecule has 3 rings (SSSR count). The number of para-hydroxylation sites is 1. The maximum atomic E-state index is 12.0. The van der Waals surface area contributed by atoms with Gasteiger partial charge in [-0.3, -0.25) is 9.59 Å². The summed E-state index contributed by atoms with van der Waals surface area (Å²) < 4.78 is 0. The molecule has 0 saturated heterocycles. The molecule has 0 aromatic heterocycles. The number of aromatic hydroxyl groups is 1. The van der Waals surface area contributed by atoms with Crippen LogP contribution < -0.4 is 10.7 Å². The van der Waals surface area contributed by atoms with Crippen molar-refractivity contribution >= 4 is 23.7 Å². The minimum atomic E-state index is -0.373. The summed E-state index contributed by atoms with van der Waals surface area (Å²) in [7, 11) is 0. The topological polar surface area (TPSA) is 90.8 Å². The van der Waals surface area contributed by atoms with Gasteiger partial charge in [0.15, 0.2) is 0 Å². The minimum absolute atomic E-state index is 0.0273. The van der Waals surface area contributed by atoms with Crippen molar-refractivity contribution in [2.24, 2.45) is 11.0 Å². The van der Waals surface area contributed by atoms with Crippen LogP contribution in [-0.2, 0) is 4.79 Å². The molecule has 0 spiro atoms. The summed E-state index contributed by atoms with van der Waals surface area (Å²) in [5.74, 6) is -0.121. The smallest absolute Gasteiger partial charge is 0.271 e. The molecule has 3 N–H and O–H groups in total. The average Bonchev–Trinajstić information content (AvgIpc) is 3.42. The third-order valence-corrected chi connectivity index (χ3v) is 3.67. The Balaban J connectivity index is 1.56. The lowest BCUT2D eigenvalue weighted by Crippen LogP contribution is -2.18. The highest BCUT2D eigenvalue weighted by Gasteiger charge is 2.29.